The molecule has 0 spiro atoms. The Morgan fingerprint density at radius 1 is 1.43 bits per heavy atom. The minimum atomic E-state index is -3.93. The number of carbonyl (C=O) groups is 1. The molecule has 0 aromatic heterocycles. The van der Waals surface area contributed by atoms with Gasteiger partial charge >= 0.3 is 5.97 Å². The van der Waals surface area contributed by atoms with Crippen LogP contribution in [0.25, 0.3) is 0 Å². The zero-order chi connectivity index (χ0) is 15.8. The molecule has 0 radical (unpaired) electrons. The summed E-state index contributed by atoms with van der Waals surface area (Å²) in [7, 11) is -3.93. The van der Waals surface area contributed by atoms with Crippen molar-refractivity contribution in [2.24, 2.45) is 5.41 Å². The number of carboxylic acid groups (broad SMARTS) is 1. The van der Waals surface area contributed by atoms with Crippen molar-refractivity contribution in [2.45, 2.75) is 37.1 Å². The molecule has 0 heterocycles. The first-order valence-electron chi connectivity index (χ1n) is 6.37. The summed E-state index contributed by atoms with van der Waals surface area (Å²) in [6.45, 7) is 1.55. The van der Waals surface area contributed by atoms with E-state index in [9.17, 15) is 18.3 Å². The predicted molar refractivity (Wildman–Crippen MR) is 80.2 cm³/mol. The summed E-state index contributed by atoms with van der Waals surface area (Å²) >= 11 is 11.7. The first-order chi connectivity index (χ1) is 9.67. The van der Waals surface area contributed by atoms with Gasteiger partial charge in [0.1, 0.15) is 4.90 Å². The van der Waals surface area contributed by atoms with Crippen molar-refractivity contribution in [3.05, 3.63) is 28.2 Å². The van der Waals surface area contributed by atoms with Gasteiger partial charge in [-0.2, -0.15) is 0 Å². The molecule has 1 saturated carbocycles. The van der Waals surface area contributed by atoms with Crippen LogP contribution in [-0.2, 0) is 14.8 Å². The van der Waals surface area contributed by atoms with Crippen molar-refractivity contribution in [2.75, 3.05) is 0 Å². The number of sulfonamides is 1. The largest absolute Gasteiger partial charge is 0.481 e. The Balaban J connectivity index is 2.34. The summed E-state index contributed by atoms with van der Waals surface area (Å²) in [5, 5.41) is 9.61. The summed E-state index contributed by atoms with van der Waals surface area (Å²) in [6, 6.07) is 3.46. The monoisotopic (exact) mass is 351 g/mol. The van der Waals surface area contributed by atoms with E-state index in [0.29, 0.717) is 19.3 Å². The van der Waals surface area contributed by atoms with E-state index in [4.69, 9.17) is 23.2 Å². The SMILES string of the molecule is CC1(C(=O)O)CCCC1NS(=O)(=O)c1cc(Cl)ccc1Cl. The van der Waals surface area contributed by atoms with Crippen LogP contribution in [0.1, 0.15) is 26.2 Å². The first kappa shape index (κ1) is 16.5. The summed E-state index contributed by atoms with van der Waals surface area (Å²) in [5.74, 6) is -1.01. The zero-order valence-corrected chi connectivity index (χ0v) is 13.6. The standard InChI is InChI=1S/C13H15Cl2NO4S/c1-13(12(17)18)6-2-3-11(13)16-21(19,20)10-7-8(14)4-5-9(10)15/h4-5,7,11,16H,2-3,6H2,1H3,(H,17,18). The van der Waals surface area contributed by atoms with E-state index in [1.165, 1.54) is 18.2 Å². The molecular formula is C13H15Cl2NO4S. The number of carboxylic acids is 1. The normalized spacial score (nSPS) is 26.0. The van der Waals surface area contributed by atoms with Gasteiger partial charge in [-0.3, -0.25) is 4.79 Å². The molecule has 1 aromatic carbocycles. The predicted octanol–water partition coefficient (Wildman–Crippen LogP) is 2.92. The summed E-state index contributed by atoms with van der Waals surface area (Å²) < 4.78 is 27.3. The Hall–Kier alpha value is -0.820. The van der Waals surface area contributed by atoms with Crippen LogP contribution in [0, 0.1) is 5.41 Å². The van der Waals surface area contributed by atoms with Crippen molar-refractivity contribution >= 4 is 39.2 Å². The second kappa shape index (κ2) is 5.76. The Morgan fingerprint density at radius 3 is 2.71 bits per heavy atom. The van der Waals surface area contributed by atoms with E-state index < -0.39 is 27.4 Å². The third kappa shape index (κ3) is 3.18. The average Bonchev–Trinajstić information content (AvgIpc) is 2.74. The summed E-state index contributed by atoms with van der Waals surface area (Å²) in [5.41, 5.74) is -1.11. The Kier molecular flexibility index (Phi) is 4.54. The highest BCUT2D eigenvalue weighted by Gasteiger charge is 2.47. The van der Waals surface area contributed by atoms with Gasteiger partial charge < -0.3 is 5.11 Å². The lowest BCUT2D eigenvalue weighted by molar-refractivity contribution is -0.148. The number of nitrogens with one attached hydrogen (secondary N) is 1. The van der Waals surface area contributed by atoms with Crippen LogP contribution in [0.5, 0.6) is 0 Å². The minimum Gasteiger partial charge on any atom is -0.481 e. The molecule has 2 N–H and O–H groups in total. The molecule has 0 amide bonds. The van der Waals surface area contributed by atoms with Crippen LogP contribution < -0.4 is 4.72 Å². The highest BCUT2D eigenvalue weighted by molar-refractivity contribution is 7.89. The van der Waals surface area contributed by atoms with Crippen LogP contribution in [0.2, 0.25) is 10.0 Å². The Labute approximate surface area is 133 Å². The Morgan fingerprint density at radius 2 is 2.10 bits per heavy atom. The van der Waals surface area contributed by atoms with E-state index in [1.807, 2.05) is 0 Å². The summed E-state index contributed by atoms with van der Waals surface area (Å²) in [4.78, 5) is 11.3. The maximum Gasteiger partial charge on any atom is 0.310 e. The molecule has 1 aliphatic carbocycles. The lowest BCUT2D eigenvalue weighted by Crippen LogP contribution is -2.46. The molecule has 116 valence electrons. The third-order valence-electron chi connectivity index (χ3n) is 3.93. The fraction of sp³-hybridized carbons (Fsp3) is 0.462. The topological polar surface area (TPSA) is 83.5 Å². The highest BCUT2D eigenvalue weighted by atomic mass is 35.5. The lowest BCUT2D eigenvalue weighted by atomic mass is 9.85. The second-order valence-corrected chi connectivity index (χ2v) is 7.89. The van der Waals surface area contributed by atoms with Crippen LogP contribution >= 0.6 is 23.2 Å². The number of halogens is 2. The maximum atomic E-state index is 12.4. The van der Waals surface area contributed by atoms with Crippen LogP contribution in [0.15, 0.2) is 23.1 Å². The van der Waals surface area contributed by atoms with E-state index in [0.717, 1.165) is 0 Å². The van der Waals surface area contributed by atoms with Gasteiger partial charge in [0.25, 0.3) is 0 Å². The fourth-order valence-electron chi connectivity index (χ4n) is 2.55. The first-order valence-corrected chi connectivity index (χ1v) is 8.61. The van der Waals surface area contributed by atoms with Gasteiger partial charge in [0, 0.05) is 11.1 Å². The van der Waals surface area contributed by atoms with E-state index >= 15 is 0 Å². The second-order valence-electron chi connectivity index (χ2n) is 5.36. The van der Waals surface area contributed by atoms with Gasteiger partial charge in [-0.05, 0) is 38.0 Å². The maximum absolute atomic E-state index is 12.4. The average molecular weight is 352 g/mol. The molecular weight excluding hydrogens is 337 g/mol. The van der Waals surface area contributed by atoms with Gasteiger partial charge in [0.2, 0.25) is 10.0 Å². The molecule has 1 fully saturated rings. The highest BCUT2D eigenvalue weighted by Crippen LogP contribution is 2.39. The molecule has 0 saturated heterocycles. The van der Waals surface area contributed by atoms with E-state index in [-0.39, 0.29) is 14.9 Å². The van der Waals surface area contributed by atoms with Gasteiger partial charge in [-0.15, -0.1) is 0 Å². The summed E-state index contributed by atoms with van der Waals surface area (Å²) in [6.07, 6.45) is 1.55. The van der Waals surface area contributed by atoms with Crippen LogP contribution in [0.3, 0.4) is 0 Å². The molecule has 1 aliphatic rings. The molecule has 2 unspecified atom stereocenters. The number of hydrogen-bond acceptors (Lipinski definition) is 3. The van der Waals surface area contributed by atoms with Crippen molar-refractivity contribution in [1.29, 1.82) is 0 Å². The number of hydrogen-bond donors (Lipinski definition) is 2. The van der Waals surface area contributed by atoms with Crippen molar-refractivity contribution in [3.63, 3.8) is 0 Å². The zero-order valence-electron chi connectivity index (χ0n) is 11.3. The quantitative estimate of drug-likeness (QED) is 0.873. The molecule has 5 nitrogen and oxygen atoms in total. The number of aliphatic carboxylic acids is 1. The van der Waals surface area contributed by atoms with Crippen molar-refractivity contribution in [3.8, 4) is 0 Å². The van der Waals surface area contributed by atoms with Gasteiger partial charge in [-0.25, -0.2) is 13.1 Å². The third-order valence-corrected chi connectivity index (χ3v) is 6.12. The van der Waals surface area contributed by atoms with Crippen molar-refractivity contribution in [1.82, 2.24) is 4.72 Å². The molecule has 2 atom stereocenters. The molecule has 2 rings (SSSR count). The van der Waals surface area contributed by atoms with Gasteiger partial charge in [-0.1, -0.05) is 29.6 Å². The van der Waals surface area contributed by atoms with E-state index in [2.05, 4.69) is 4.72 Å². The Bertz CT molecular complexity index is 677. The molecule has 1 aromatic rings. The smallest absolute Gasteiger partial charge is 0.310 e. The van der Waals surface area contributed by atoms with E-state index in [1.54, 1.807) is 6.92 Å². The number of rotatable bonds is 4. The van der Waals surface area contributed by atoms with Crippen LogP contribution in [0.4, 0.5) is 0 Å². The van der Waals surface area contributed by atoms with Crippen molar-refractivity contribution < 1.29 is 18.3 Å². The number of benzene rings is 1. The van der Waals surface area contributed by atoms with Gasteiger partial charge in [0.15, 0.2) is 0 Å². The lowest BCUT2D eigenvalue weighted by Gasteiger charge is -2.27. The van der Waals surface area contributed by atoms with Gasteiger partial charge in [0.05, 0.1) is 10.4 Å². The fourth-order valence-corrected chi connectivity index (χ4v) is 4.69. The molecule has 21 heavy (non-hydrogen) atoms. The molecule has 0 aliphatic heterocycles. The molecule has 0 bridgehead atoms. The van der Waals surface area contributed by atoms with Crippen LogP contribution in [-0.4, -0.2) is 25.5 Å². The minimum absolute atomic E-state index is 0.0434. The molecule has 8 heteroatoms.